The topological polar surface area (TPSA) is 67.4 Å². The molecule has 1 atom stereocenters. The van der Waals surface area contributed by atoms with E-state index >= 15 is 0 Å². The van der Waals surface area contributed by atoms with E-state index in [0.717, 1.165) is 12.8 Å². The van der Waals surface area contributed by atoms with Crippen LogP contribution in [0.5, 0.6) is 5.75 Å². The fourth-order valence-corrected chi connectivity index (χ4v) is 2.24. The van der Waals surface area contributed by atoms with Crippen LogP contribution in [0.15, 0.2) is 54.6 Å². The van der Waals surface area contributed by atoms with Crippen LogP contribution in [0.1, 0.15) is 30.1 Å². The average molecular weight is 324 g/mol. The van der Waals surface area contributed by atoms with E-state index < -0.39 is 6.10 Å². The monoisotopic (exact) mass is 324 g/mol. The van der Waals surface area contributed by atoms with Crippen molar-refractivity contribution in [3.05, 3.63) is 60.2 Å². The van der Waals surface area contributed by atoms with Crippen molar-refractivity contribution in [1.29, 1.82) is 0 Å². The van der Waals surface area contributed by atoms with Gasteiger partial charge in [-0.2, -0.15) is 0 Å². The summed E-state index contributed by atoms with van der Waals surface area (Å²) in [5, 5.41) is 5.71. The van der Waals surface area contributed by atoms with Crippen LogP contribution >= 0.6 is 0 Å². The Bertz CT molecular complexity index is 726. The summed E-state index contributed by atoms with van der Waals surface area (Å²) in [7, 11) is 0. The number of anilines is 1. The van der Waals surface area contributed by atoms with E-state index in [0.29, 0.717) is 23.0 Å². The number of nitrogens with one attached hydrogen (secondary N) is 2. The van der Waals surface area contributed by atoms with Gasteiger partial charge in [-0.1, -0.05) is 24.3 Å². The van der Waals surface area contributed by atoms with Crippen molar-refractivity contribution >= 4 is 17.5 Å². The molecule has 1 aliphatic rings. The number of para-hydroxylation sites is 1. The van der Waals surface area contributed by atoms with E-state index in [1.165, 1.54) is 0 Å². The first-order chi connectivity index (χ1) is 11.6. The summed E-state index contributed by atoms with van der Waals surface area (Å²) in [4.78, 5) is 24.3. The van der Waals surface area contributed by atoms with Crippen LogP contribution in [0, 0.1) is 0 Å². The van der Waals surface area contributed by atoms with Gasteiger partial charge in [0, 0.05) is 17.3 Å². The molecule has 0 bridgehead atoms. The molecule has 1 fully saturated rings. The highest BCUT2D eigenvalue weighted by Gasteiger charge is 2.24. The average Bonchev–Trinajstić information content (AvgIpc) is 3.40. The quantitative estimate of drug-likeness (QED) is 0.858. The zero-order valence-corrected chi connectivity index (χ0v) is 13.5. The fraction of sp³-hybridized carbons (Fsp3) is 0.263. The molecule has 5 heteroatoms. The van der Waals surface area contributed by atoms with Crippen molar-refractivity contribution < 1.29 is 14.3 Å². The molecular formula is C19H20N2O3. The predicted octanol–water partition coefficient (Wildman–Crippen LogP) is 2.98. The van der Waals surface area contributed by atoms with E-state index in [-0.39, 0.29) is 11.8 Å². The second-order valence-electron chi connectivity index (χ2n) is 5.89. The lowest BCUT2D eigenvalue weighted by molar-refractivity contribution is -0.122. The molecule has 0 aromatic heterocycles. The Morgan fingerprint density at radius 1 is 1.08 bits per heavy atom. The molecule has 2 aromatic carbocycles. The molecule has 0 heterocycles. The summed E-state index contributed by atoms with van der Waals surface area (Å²) in [6, 6.07) is 16.4. The van der Waals surface area contributed by atoms with Crippen molar-refractivity contribution in [2.24, 2.45) is 0 Å². The summed E-state index contributed by atoms with van der Waals surface area (Å²) in [6.45, 7) is 1.69. The van der Waals surface area contributed by atoms with Gasteiger partial charge in [0.1, 0.15) is 5.75 Å². The lowest BCUT2D eigenvalue weighted by Crippen LogP contribution is -2.30. The van der Waals surface area contributed by atoms with Gasteiger partial charge in [0.25, 0.3) is 11.8 Å². The molecule has 2 N–H and O–H groups in total. The van der Waals surface area contributed by atoms with E-state index in [1.807, 2.05) is 18.2 Å². The van der Waals surface area contributed by atoms with E-state index in [9.17, 15) is 9.59 Å². The zero-order chi connectivity index (χ0) is 16.9. The van der Waals surface area contributed by atoms with Crippen molar-refractivity contribution in [3.63, 3.8) is 0 Å². The molecule has 1 aliphatic carbocycles. The number of hydrogen-bond acceptors (Lipinski definition) is 3. The molecule has 124 valence electrons. The van der Waals surface area contributed by atoms with Crippen molar-refractivity contribution in [3.8, 4) is 5.75 Å². The first-order valence-corrected chi connectivity index (χ1v) is 8.05. The standard InChI is InChI=1S/C19H20N2O3/c1-13(24-17-8-3-2-4-9-17)18(22)21-16-7-5-6-14(12-16)19(23)20-15-10-11-15/h2-9,12-13,15H,10-11H2,1H3,(H,20,23)(H,21,22)/t13-/m1/s1. The molecule has 2 aromatic rings. The summed E-state index contributed by atoms with van der Waals surface area (Å²) < 4.78 is 5.60. The van der Waals surface area contributed by atoms with Crippen molar-refractivity contribution in [2.45, 2.75) is 31.9 Å². The van der Waals surface area contributed by atoms with Crippen LogP contribution in [-0.4, -0.2) is 24.0 Å². The lowest BCUT2D eigenvalue weighted by Gasteiger charge is -2.15. The lowest BCUT2D eigenvalue weighted by atomic mass is 10.2. The third kappa shape index (κ3) is 4.35. The Balaban J connectivity index is 1.60. The van der Waals surface area contributed by atoms with Crippen LogP contribution in [0.2, 0.25) is 0 Å². The maximum absolute atomic E-state index is 12.2. The van der Waals surface area contributed by atoms with Crippen LogP contribution in [0.3, 0.4) is 0 Å². The molecule has 2 amide bonds. The number of carbonyl (C=O) groups excluding carboxylic acids is 2. The predicted molar refractivity (Wildman–Crippen MR) is 92.1 cm³/mol. The highest BCUT2D eigenvalue weighted by atomic mass is 16.5. The van der Waals surface area contributed by atoms with Crippen LogP contribution in [0.25, 0.3) is 0 Å². The number of ether oxygens (including phenoxy) is 1. The second-order valence-corrected chi connectivity index (χ2v) is 5.89. The number of rotatable bonds is 6. The second kappa shape index (κ2) is 7.17. The van der Waals surface area contributed by atoms with E-state index in [2.05, 4.69) is 10.6 Å². The zero-order valence-electron chi connectivity index (χ0n) is 13.5. The third-order valence-corrected chi connectivity index (χ3v) is 3.73. The van der Waals surface area contributed by atoms with Gasteiger partial charge in [-0.05, 0) is 50.1 Å². The molecule has 0 saturated heterocycles. The first-order valence-electron chi connectivity index (χ1n) is 8.05. The van der Waals surface area contributed by atoms with Gasteiger partial charge in [0.15, 0.2) is 6.10 Å². The maximum Gasteiger partial charge on any atom is 0.265 e. The van der Waals surface area contributed by atoms with Gasteiger partial charge in [-0.15, -0.1) is 0 Å². The minimum atomic E-state index is -0.642. The molecule has 5 nitrogen and oxygen atoms in total. The Hall–Kier alpha value is -2.82. The first kappa shape index (κ1) is 16.1. The molecular weight excluding hydrogens is 304 g/mol. The molecule has 24 heavy (non-hydrogen) atoms. The normalized spacial score (nSPS) is 14.5. The molecule has 0 radical (unpaired) electrons. The minimum absolute atomic E-state index is 0.109. The molecule has 3 rings (SSSR count). The number of benzene rings is 2. The number of hydrogen-bond donors (Lipinski definition) is 2. The maximum atomic E-state index is 12.2. The Morgan fingerprint density at radius 2 is 1.83 bits per heavy atom. The highest BCUT2D eigenvalue weighted by molar-refractivity contribution is 5.98. The van der Waals surface area contributed by atoms with Gasteiger partial charge in [0.05, 0.1) is 0 Å². The van der Waals surface area contributed by atoms with Gasteiger partial charge in [-0.3, -0.25) is 9.59 Å². The highest BCUT2D eigenvalue weighted by Crippen LogP contribution is 2.20. The third-order valence-electron chi connectivity index (χ3n) is 3.73. The van der Waals surface area contributed by atoms with Gasteiger partial charge in [-0.25, -0.2) is 0 Å². The largest absolute Gasteiger partial charge is 0.481 e. The van der Waals surface area contributed by atoms with E-state index in [1.54, 1.807) is 43.3 Å². The number of carbonyl (C=O) groups is 2. The van der Waals surface area contributed by atoms with Crippen LogP contribution in [-0.2, 0) is 4.79 Å². The molecule has 0 unspecified atom stereocenters. The molecule has 0 spiro atoms. The fourth-order valence-electron chi connectivity index (χ4n) is 2.24. The van der Waals surface area contributed by atoms with Gasteiger partial charge in [0.2, 0.25) is 0 Å². The van der Waals surface area contributed by atoms with Gasteiger partial charge >= 0.3 is 0 Å². The van der Waals surface area contributed by atoms with Crippen molar-refractivity contribution in [2.75, 3.05) is 5.32 Å². The van der Waals surface area contributed by atoms with E-state index in [4.69, 9.17) is 4.74 Å². The smallest absolute Gasteiger partial charge is 0.265 e. The Morgan fingerprint density at radius 3 is 2.54 bits per heavy atom. The van der Waals surface area contributed by atoms with Crippen LogP contribution in [0.4, 0.5) is 5.69 Å². The minimum Gasteiger partial charge on any atom is -0.481 e. The SMILES string of the molecule is C[C@@H](Oc1ccccc1)C(=O)Nc1cccc(C(=O)NC2CC2)c1. The number of amides is 2. The van der Waals surface area contributed by atoms with Crippen LogP contribution < -0.4 is 15.4 Å². The Kier molecular flexibility index (Phi) is 4.79. The molecule has 1 saturated carbocycles. The summed E-state index contributed by atoms with van der Waals surface area (Å²) >= 11 is 0. The summed E-state index contributed by atoms with van der Waals surface area (Å²) in [6.07, 6.45) is 1.43. The summed E-state index contributed by atoms with van der Waals surface area (Å²) in [5.74, 6) is 0.262. The molecule has 0 aliphatic heterocycles. The van der Waals surface area contributed by atoms with Gasteiger partial charge < -0.3 is 15.4 Å². The summed E-state index contributed by atoms with van der Waals surface area (Å²) in [5.41, 5.74) is 1.11. The Labute approximate surface area is 141 Å². The van der Waals surface area contributed by atoms with Crippen molar-refractivity contribution in [1.82, 2.24) is 5.32 Å².